The number of carbonyl (C=O) groups excluding carboxylic acids is 2. The molecule has 4 rings (SSSR count). The highest BCUT2D eigenvalue weighted by molar-refractivity contribution is 5.99. The molecule has 0 unspecified atom stereocenters. The maximum absolute atomic E-state index is 12.9. The second-order valence-corrected chi connectivity index (χ2v) is 8.20. The van der Waals surface area contributed by atoms with Crippen molar-refractivity contribution in [3.63, 3.8) is 0 Å². The average molecular weight is 385 g/mol. The number of piperidine rings is 1. The molecule has 0 bridgehead atoms. The molecule has 0 aromatic heterocycles. The Morgan fingerprint density at radius 1 is 0.893 bits per heavy atom. The van der Waals surface area contributed by atoms with Crippen molar-refractivity contribution in [1.29, 1.82) is 0 Å². The highest BCUT2D eigenvalue weighted by Gasteiger charge is 2.37. The van der Waals surface area contributed by atoms with Gasteiger partial charge in [-0.1, -0.05) is 18.2 Å². The molecule has 6 nitrogen and oxygen atoms in total. The predicted molar refractivity (Wildman–Crippen MR) is 110 cm³/mol. The molecular weight excluding hydrogens is 352 g/mol. The molecular formula is C22H32N4O2. The number of carbonyl (C=O) groups is 2. The van der Waals surface area contributed by atoms with Gasteiger partial charge >= 0.3 is 0 Å². The maximum atomic E-state index is 12.9. The SMILES string of the molecule is O=C(CCN1CCN([C@@H]2CCN(c3ccccc3)C2=O)CC1)N1CCCCC1. The standard InChI is InChI=1S/C22H32N4O2/c27-21(25-11-5-2-6-12-25)10-13-23-15-17-24(18-16-23)20-9-14-26(22(20)28)19-7-3-1-4-8-19/h1,3-4,7-8,20H,2,5-6,9-18H2/t20-/m1/s1. The van der Waals surface area contributed by atoms with Crippen molar-refractivity contribution in [1.82, 2.24) is 14.7 Å². The van der Waals surface area contributed by atoms with Crippen LogP contribution in [0.5, 0.6) is 0 Å². The Labute approximate surface area is 168 Å². The van der Waals surface area contributed by atoms with Gasteiger partial charge in [-0.2, -0.15) is 0 Å². The van der Waals surface area contributed by atoms with E-state index < -0.39 is 0 Å². The van der Waals surface area contributed by atoms with Gasteiger partial charge in [-0.05, 0) is 37.8 Å². The minimum absolute atomic E-state index is 0.0114. The van der Waals surface area contributed by atoms with Gasteiger partial charge in [0.25, 0.3) is 0 Å². The zero-order valence-corrected chi connectivity index (χ0v) is 16.8. The number of hydrogen-bond donors (Lipinski definition) is 0. The summed E-state index contributed by atoms with van der Waals surface area (Å²) in [6.07, 6.45) is 5.10. The Balaban J connectivity index is 1.22. The van der Waals surface area contributed by atoms with Crippen molar-refractivity contribution < 1.29 is 9.59 Å². The van der Waals surface area contributed by atoms with Gasteiger partial charge in [0.15, 0.2) is 0 Å². The van der Waals surface area contributed by atoms with Crippen LogP contribution in [0.1, 0.15) is 32.1 Å². The zero-order chi connectivity index (χ0) is 19.3. The number of likely N-dealkylation sites (tertiary alicyclic amines) is 1. The minimum Gasteiger partial charge on any atom is -0.343 e. The van der Waals surface area contributed by atoms with Crippen LogP contribution in [-0.2, 0) is 9.59 Å². The number of para-hydroxylation sites is 1. The molecule has 1 aromatic rings. The fourth-order valence-corrected chi connectivity index (χ4v) is 4.72. The molecule has 3 aliphatic rings. The topological polar surface area (TPSA) is 47.1 Å². The van der Waals surface area contributed by atoms with E-state index in [9.17, 15) is 9.59 Å². The molecule has 152 valence electrons. The molecule has 0 spiro atoms. The van der Waals surface area contributed by atoms with Crippen LogP contribution in [0, 0.1) is 0 Å². The van der Waals surface area contributed by atoms with E-state index in [0.29, 0.717) is 12.3 Å². The summed E-state index contributed by atoms with van der Waals surface area (Å²) in [5.41, 5.74) is 1.00. The van der Waals surface area contributed by atoms with Gasteiger partial charge < -0.3 is 14.7 Å². The van der Waals surface area contributed by atoms with Crippen molar-refractivity contribution >= 4 is 17.5 Å². The molecule has 1 atom stereocenters. The molecule has 0 radical (unpaired) electrons. The quantitative estimate of drug-likeness (QED) is 0.777. The molecule has 2 amide bonds. The van der Waals surface area contributed by atoms with E-state index in [1.807, 2.05) is 40.1 Å². The number of hydrogen-bond acceptors (Lipinski definition) is 4. The van der Waals surface area contributed by atoms with Crippen LogP contribution in [0.15, 0.2) is 30.3 Å². The average Bonchev–Trinajstić information content (AvgIpc) is 3.15. The summed E-state index contributed by atoms with van der Waals surface area (Å²) in [7, 11) is 0. The van der Waals surface area contributed by atoms with Gasteiger partial charge in [-0.3, -0.25) is 14.5 Å². The predicted octanol–water partition coefficient (Wildman–Crippen LogP) is 1.81. The Morgan fingerprint density at radius 3 is 2.32 bits per heavy atom. The normalized spacial score (nSPS) is 24.7. The van der Waals surface area contributed by atoms with E-state index in [4.69, 9.17) is 0 Å². The molecule has 1 aromatic carbocycles. The van der Waals surface area contributed by atoms with Crippen LogP contribution in [0.25, 0.3) is 0 Å². The summed E-state index contributed by atoms with van der Waals surface area (Å²) in [6.45, 7) is 7.25. The Kier molecular flexibility index (Phi) is 6.27. The number of benzene rings is 1. The Morgan fingerprint density at radius 2 is 1.61 bits per heavy atom. The molecule has 28 heavy (non-hydrogen) atoms. The first kappa shape index (κ1) is 19.4. The maximum Gasteiger partial charge on any atom is 0.244 e. The van der Waals surface area contributed by atoms with E-state index >= 15 is 0 Å². The van der Waals surface area contributed by atoms with E-state index in [0.717, 1.165) is 77.3 Å². The number of nitrogens with zero attached hydrogens (tertiary/aromatic N) is 4. The van der Waals surface area contributed by atoms with Gasteiger partial charge in [0.2, 0.25) is 11.8 Å². The van der Waals surface area contributed by atoms with Crippen LogP contribution in [0.4, 0.5) is 5.69 Å². The van der Waals surface area contributed by atoms with E-state index in [-0.39, 0.29) is 11.9 Å². The Bertz CT molecular complexity index is 666. The summed E-state index contributed by atoms with van der Waals surface area (Å²) >= 11 is 0. The molecule has 0 aliphatic carbocycles. The smallest absolute Gasteiger partial charge is 0.244 e. The molecule has 0 N–H and O–H groups in total. The molecule has 3 heterocycles. The lowest BCUT2D eigenvalue weighted by atomic mass is 10.1. The van der Waals surface area contributed by atoms with Gasteiger partial charge in [-0.15, -0.1) is 0 Å². The van der Waals surface area contributed by atoms with Crippen molar-refractivity contribution in [2.24, 2.45) is 0 Å². The van der Waals surface area contributed by atoms with E-state index in [2.05, 4.69) is 9.80 Å². The third-order valence-corrected chi connectivity index (χ3v) is 6.44. The first-order valence-corrected chi connectivity index (χ1v) is 10.8. The fourth-order valence-electron chi connectivity index (χ4n) is 4.72. The van der Waals surface area contributed by atoms with Gasteiger partial charge in [0, 0.05) is 64.5 Å². The van der Waals surface area contributed by atoms with Crippen LogP contribution in [0.2, 0.25) is 0 Å². The molecule has 3 fully saturated rings. The molecule has 6 heteroatoms. The van der Waals surface area contributed by atoms with E-state index in [1.165, 1.54) is 6.42 Å². The third-order valence-electron chi connectivity index (χ3n) is 6.44. The minimum atomic E-state index is 0.0114. The summed E-state index contributed by atoms with van der Waals surface area (Å²) < 4.78 is 0. The van der Waals surface area contributed by atoms with E-state index in [1.54, 1.807) is 0 Å². The molecule has 3 saturated heterocycles. The third kappa shape index (κ3) is 4.39. The first-order chi connectivity index (χ1) is 13.7. The highest BCUT2D eigenvalue weighted by Crippen LogP contribution is 2.25. The number of rotatable bonds is 5. The molecule has 0 saturated carbocycles. The van der Waals surface area contributed by atoms with Gasteiger partial charge in [0.1, 0.15) is 0 Å². The van der Waals surface area contributed by atoms with Crippen LogP contribution in [-0.4, -0.2) is 84.9 Å². The second-order valence-electron chi connectivity index (χ2n) is 8.20. The summed E-state index contributed by atoms with van der Waals surface area (Å²) in [6, 6.07) is 9.99. The van der Waals surface area contributed by atoms with Crippen LogP contribution >= 0.6 is 0 Å². The summed E-state index contributed by atoms with van der Waals surface area (Å²) in [5.74, 6) is 0.548. The Hall–Kier alpha value is -1.92. The number of amides is 2. The lowest BCUT2D eigenvalue weighted by Crippen LogP contribution is -2.53. The largest absolute Gasteiger partial charge is 0.343 e. The summed E-state index contributed by atoms with van der Waals surface area (Å²) in [5, 5.41) is 0. The van der Waals surface area contributed by atoms with Crippen molar-refractivity contribution in [2.45, 2.75) is 38.1 Å². The van der Waals surface area contributed by atoms with Crippen molar-refractivity contribution in [2.75, 3.05) is 57.3 Å². The van der Waals surface area contributed by atoms with Crippen LogP contribution < -0.4 is 4.90 Å². The lowest BCUT2D eigenvalue weighted by molar-refractivity contribution is -0.132. The lowest BCUT2D eigenvalue weighted by Gasteiger charge is -2.37. The zero-order valence-electron chi connectivity index (χ0n) is 16.8. The van der Waals surface area contributed by atoms with Crippen LogP contribution in [0.3, 0.4) is 0 Å². The van der Waals surface area contributed by atoms with Crippen molar-refractivity contribution in [3.8, 4) is 0 Å². The number of piperazine rings is 1. The summed E-state index contributed by atoms with van der Waals surface area (Å²) in [4.78, 5) is 33.9. The highest BCUT2D eigenvalue weighted by atomic mass is 16.2. The van der Waals surface area contributed by atoms with Gasteiger partial charge in [-0.25, -0.2) is 0 Å². The molecule has 3 aliphatic heterocycles. The fraction of sp³-hybridized carbons (Fsp3) is 0.636. The van der Waals surface area contributed by atoms with Crippen molar-refractivity contribution in [3.05, 3.63) is 30.3 Å². The second kappa shape index (κ2) is 9.05. The number of anilines is 1. The first-order valence-electron chi connectivity index (χ1n) is 10.8. The van der Waals surface area contributed by atoms with Gasteiger partial charge in [0.05, 0.1) is 6.04 Å². The monoisotopic (exact) mass is 384 g/mol.